The maximum absolute atomic E-state index is 13.3. The van der Waals surface area contributed by atoms with E-state index in [0.29, 0.717) is 5.56 Å². The molecular weight excluding hydrogens is 386 g/mol. The fourth-order valence-electron chi connectivity index (χ4n) is 4.58. The smallest absolute Gasteiger partial charge is 0.311 e. The Kier molecular flexibility index (Phi) is 4.56. The minimum absolute atomic E-state index is 0.0469. The largest absolute Gasteiger partial charge is 0.434 e. The molecule has 154 valence electrons. The molecule has 0 bridgehead atoms. The van der Waals surface area contributed by atoms with Crippen molar-refractivity contribution in [3.05, 3.63) is 80.9 Å². The van der Waals surface area contributed by atoms with Crippen molar-refractivity contribution in [2.24, 2.45) is 5.92 Å². The quantitative estimate of drug-likeness (QED) is 0.334. The van der Waals surface area contributed by atoms with Crippen LogP contribution < -0.4 is 0 Å². The van der Waals surface area contributed by atoms with Crippen LogP contribution in [0.3, 0.4) is 0 Å². The first kappa shape index (κ1) is 19.9. The van der Waals surface area contributed by atoms with Crippen LogP contribution >= 0.6 is 0 Å². The lowest BCUT2D eigenvalue weighted by Crippen LogP contribution is -2.65. The minimum atomic E-state index is -2.47. The fraction of sp³-hybridized carbons (Fsp3) is 0.348. The monoisotopic (exact) mass is 407 g/mol. The topological polar surface area (TPSA) is 104 Å². The number of ketones is 2. The summed E-state index contributed by atoms with van der Waals surface area (Å²) in [7, 11) is 0. The van der Waals surface area contributed by atoms with E-state index in [1.807, 2.05) is 26.0 Å². The summed E-state index contributed by atoms with van der Waals surface area (Å²) in [6.07, 6.45) is 0. The zero-order valence-corrected chi connectivity index (χ0v) is 16.8. The van der Waals surface area contributed by atoms with Crippen molar-refractivity contribution in [2.45, 2.75) is 44.2 Å². The van der Waals surface area contributed by atoms with Crippen molar-refractivity contribution in [1.82, 2.24) is 0 Å². The Labute approximate surface area is 173 Å². The van der Waals surface area contributed by atoms with Crippen LogP contribution in [0, 0.1) is 16.0 Å². The molecule has 1 aliphatic carbocycles. The van der Waals surface area contributed by atoms with Crippen LogP contribution in [0.4, 0.5) is 0 Å². The average molecular weight is 407 g/mol. The van der Waals surface area contributed by atoms with Crippen molar-refractivity contribution >= 4 is 17.5 Å². The van der Waals surface area contributed by atoms with Gasteiger partial charge in [0, 0.05) is 16.1 Å². The third-order valence-corrected chi connectivity index (χ3v) is 6.23. The fourth-order valence-corrected chi connectivity index (χ4v) is 4.58. The van der Waals surface area contributed by atoms with Crippen LogP contribution in [-0.4, -0.2) is 34.1 Å². The second-order valence-corrected chi connectivity index (χ2v) is 8.23. The van der Waals surface area contributed by atoms with Crippen LogP contribution in [0.15, 0.2) is 48.5 Å². The number of Topliss-reactive ketones (excluding diaryl/α,β-unsaturated/α-hetero) is 2. The van der Waals surface area contributed by atoms with Gasteiger partial charge in [-0.1, -0.05) is 69.3 Å². The lowest BCUT2D eigenvalue weighted by atomic mass is 9.70. The maximum atomic E-state index is 13.3. The Bertz CT molecular complexity index is 1040. The SMILES string of the molecule is CC(C)c1ccc([C@H]2[C@H]([N+](=O)[O-])C3(OC(=O)[C@@H]2C)C(=O)c2ccccc2C3=O)cc1. The summed E-state index contributed by atoms with van der Waals surface area (Å²) in [5, 5.41) is 12.3. The van der Waals surface area contributed by atoms with Gasteiger partial charge in [0.25, 0.3) is 6.04 Å². The number of benzene rings is 2. The third-order valence-electron chi connectivity index (χ3n) is 6.23. The molecule has 1 fully saturated rings. The Morgan fingerprint density at radius 2 is 1.50 bits per heavy atom. The van der Waals surface area contributed by atoms with Crippen molar-refractivity contribution in [2.75, 3.05) is 0 Å². The first-order valence-electron chi connectivity index (χ1n) is 9.85. The highest BCUT2D eigenvalue weighted by Crippen LogP contribution is 2.48. The summed E-state index contributed by atoms with van der Waals surface area (Å²) in [5.74, 6) is -4.05. The van der Waals surface area contributed by atoms with E-state index in [9.17, 15) is 24.5 Å². The number of rotatable bonds is 3. The molecule has 0 N–H and O–H groups in total. The Morgan fingerprint density at radius 3 is 1.97 bits per heavy atom. The number of ether oxygens (including phenoxy) is 1. The lowest BCUT2D eigenvalue weighted by molar-refractivity contribution is -0.544. The highest BCUT2D eigenvalue weighted by molar-refractivity contribution is 6.33. The van der Waals surface area contributed by atoms with E-state index < -0.39 is 45.9 Å². The molecule has 1 aliphatic heterocycles. The number of carbonyl (C=O) groups is 3. The highest BCUT2D eigenvalue weighted by Gasteiger charge is 2.72. The molecule has 0 unspecified atom stereocenters. The zero-order valence-electron chi connectivity index (χ0n) is 16.8. The molecule has 0 aromatic heterocycles. The van der Waals surface area contributed by atoms with Crippen LogP contribution in [0.2, 0.25) is 0 Å². The van der Waals surface area contributed by atoms with E-state index in [1.54, 1.807) is 24.3 Å². The number of esters is 1. The predicted octanol–water partition coefficient (Wildman–Crippen LogP) is 3.55. The number of hydrogen-bond acceptors (Lipinski definition) is 6. The highest BCUT2D eigenvalue weighted by atomic mass is 16.6. The van der Waals surface area contributed by atoms with Gasteiger partial charge in [0.1, 0.15) is 0 Å². The predicted molar refractivity (Wildman–Crippen MR) is 107 cm³/mol. The average Bonchev–Trinajstić information content (AvgIpc) is 2.93. The number of fused-ring (bicyclic) bond motifs is 1. The van der Waals surface area contributed by atoms with Gasteiger partial charge in [-0.3, -0.25) is 24.5 Å². The Balaban J connectivity index is 1.90. The van der Waals surface area contributed by atoms with Gasteiger partial charge in [-0.25, -0.2) is 0 Å². The summed E-state index contributed by atoms with van der Waals surface area (Å²) >= 11 is 0. The number of hydrogen-bond donors (Lipinski definition) is 0. The van der Waals surface area contributed by atoms with E-state index in [0.717, 1.165) is 5.56 Å². The summed E-state index contributed by atoms with van der Waals surface area (Å²) < 4.78 is 5.36. The summed E-state index contributed by atoms with van der Waals surface area (Å²) in [6.45, 7) is 5.58. The van der Waals surface area contributed by atoms with E-state index in [1.165, 1.54) is 19.1 Å². The normalized spacial score (nSPS) is 24.8. The number of carbonyl (C=O) groups excluding carboxylic acids is 3. The molecule has 7 heteroatoms. The molecule has 2 aromatic rings. The van der Waals surface area contributed by atoms with Crippen molar-refractivity contribution < 1.29 is 24.0 Å². The molecule has 30 heavy (non-hydrogen) atoms. The first-order valence-corrected chi connectivity index (χ1v) is 9.85. The summed E-state index contributed by atoms with van der Waals surface area (Å²) in [5.41, 5.74) is -0.812. The van der Waals surface area contributed by atoms with Crippen molar-refractivity contribution in [1.29, 1.82) is 0 Å². The molecule has 2 aliphatic rings. The second-order valence-electron chi connectivity index (χ2n) is 8.23. The molecular formula is C23H21NO6. The van der Waals surface area contributed by atoms with Crippen LogP contribution in [0.25, 0.3) is 0 Å². The second kappa shape index (κ2) is 6.86. The Morgan fingerprint density at radius 1 is 0.967 bits per heavy atom. The van der Waals surface area contributed by atoms with Gasteiger partial charge < -0.3 is 4.74 Å². The standard InChI is InChI=1S/C23H21NO6/c1-12(2)14-8-10-15(11-9-14)18-13(3)22(27)30-23(19(18)24(28)29)20(25)16-6-4-5-7-17(16)21(23)26/h4-13,18-19H,1-3H3/t13-,18+,19+/m1/s1. The minimum Gasteiger partial charge on any atom is -0.434 e. The van der Waals surface area contributed by atoms with Crippen molar-refractivity contribution in [3.63, 3.8) is 0 Å². The Hall–Kier alpha value is -3.35. The van der Waals surface area contributed by atoms with E-state index in [2.05, 4.69) is 0 Å². The molecule has 1 heterocycles. The molecule has 7 nitrogen and oxygen atoms in total. The van der Waals surface area contributed by atoms with Gasteiger partial charge in [0.05, 0.1) is 11.8 Å². The number of nitrogens with zero attached hydrogens (tertiary/aromatic N) is 1. The van der Waals surface area contributed by atoms with Gasteiger partial charge in [-0.2, -0.15) is 0 Å². The summed E-state index contributed by atoms with van der Waals surface area (Å²) in [4.78, 5) is 50.9. The molecule has 2 aromatic carbocycles. The van der Waals surface area contributed by atoms with Gasteiger partial charge in [0.15, 0.2) is 0 Å². The molecule has 0 radical (unpaired) electrons. The molecule has 0 saturated carbocycles. The molecule has 0 amide bonds. The van der Waals surface area contributed by atoms with Gasteiger partial charge >= 0.3 is 11.6 Å². The van der Waals surface area contributed by atoms with Crippen molar-refractivity contribution in [3.8, 4) is 0 Å². The van der Waals surface area contributed by atoms with Gasteiger partial charge in [-0.05, 0) is 17.0 Å². The lowest BCUT2D eigenvalue weighted by Gasteiger charge is -2.40. The molecule has 1 spiro atoms. The molecule has 1 saturated heterocycles. The van der Waals surface area contributed by atoms with Gasteiger partial charge in [-0.15, -0.1) is 0 Å². The molecule has 4 rings (SSSR count). The molecule has 3 atom stereocenters. The first-order chi connectivity index (χ1) is 14.2. The van der Waals surface area contributed by atoms with E-state index >= 15 is 0 Å². The summed E-state index contributed by atoms with van der Waals surface area (Å²) in [6, 6.07) is 11.4. The van der Waals surface area contributed by atoms with Crippen LogP contribution in [0.5, 0.6) is 0 Å². The zero-order chi connectivity index (χ0) is 21.8. The van der Waals surface area contributed by atoms with E-state index in [-0.39, 0.29) is 17.0 Å². The van der Waals surface area contributed by atoms with E-state index in [4.69, 9.17) is 4.74 Å². The maximum Gasteiger partial charge on any atom is 0.311 e. The third kappa shape index (κ3) is 2.61. The van der Waals surface area contributed by atoms with Crippen LogP contribution in [0.1, 0.15) is 64.4 Å². The van der Waals surface area contributed by atoms with Gasteiger partial charge in [0.2, 0.25) is 11.6 Å². The number of nitro groups is 1. The van der Waals surface area contributed by atoms with Crippen LogP contribution in [-0.2, 0) is 9.53 Å².